The van der Waals surface area contributed by atoms with Crippen LogP contribution in [-0.2, 0) is 4.79 Å². The third-order valence-corrected chi connectivity index (χ3v) is 6.47. The summed E-state index contributed by atoms with van der Waals surface area (Å²) in [5, 5.41) is 14.3. The summed E-state index contributed by atoms with van der Waals surface area (Å²) in [6, 6.07) is 20.1. The van der Waals surface area contributed by atoms with Crippen LogP contribution in [0.4, 0.5) is 0 Å². The quantitative estimate of drug-likeness (QED) is 0.424. The molecule has 0 spiro atoms. The number of fused-ring (bicyclic) bond motifs is 1. The van der Waals surface area contributed by atoms with Crippen LogP contribution in [0.25, 0.3) is 11.0 Å². The Balaban J connectivity index is 1.67. The minimum absolute atomic E-state index is 0.0348. The first-order valence-corrected chi connectivity index (χ1v) is 11.3. The van der Waals surface area contributed by atoms with Crippen molar-refractivity contribution >= 4 is 34.3 Å². The number of benzene rings is 2. The predicted octanol–water partition coefficient (Wildman–Crippen LogP) is 4.69. The predicted molar refractivity (Wildman–Crippen MR) is 128 cm³/mol. The van der Waals surface area contributed by atoms with Crippen molar-refractivity contribution in [3.05, 3.63) is 104 Å². The molecule has 0 fully saturated rings. The van der Waals surface area contributed by atoms with Crippen LogP contribution in [0.1, 0.15) is 35.7 Å². The maximum absolute atomic E-state index is 12.9. The molecule has 1 N–H and O–H groups in total. The Morgan fingerprint density at radius 3 is 2.52 bits per heavy atom. The second-order valence-corrected chi connectivity index (χ2v) is 8.60. The lowest BCUT2D eigenvalue weighted by atomic mass is 9.81. The summed E-state index contributed by atoms with van der Waals surface area (Å²) in [6.07, 6.45) is 0. The van der Waals surface area contributed by atoms with Gasteiger partial charge in [-0.05, 0) is 31.5 Å². The summed E-state index contributed by atoms with van der Waals surface area (Å²) in [5.41, 5.74) is 2.02. The number of ketones is 2. The number of nitriles is 1. The second kappa shape index (κ2) is 9.31. The normalized spacial score (nSPS) is 15.8. The van der Waals surface area contributed by atoms with Gasteiger partial charge in [-0.15, -0.1) is 0 Å². The van der Waals surface area contributed by atoms with E-state index in [0.29, 0.717) is 32.8 Å². The van der Waals surface area contributed by atoms with Gasteiger partial charge in [0.05, 0.1) is 28.3 Å². The van der Waals surface area contributed by atoms with E-state index < -0.39 is 17.3 Å². The molecule has 0 bridgehead atoms. The number of para-hydroxylation sites is 1. The molecule has 0 saturated heterocycles. The Bertz CT molecular complexity index is 1430. The van der Waals surface area contributed by atoms with E-state index in [1.54, 1.807) is 31.2 Å². The van der Waals surface area contributed by atoms with Crippen LogP contribution in [0.5, 0.6) is 0 Å². The van der Waals surface area contributed by atoms with Crippen molar-refractivity contribution < 1.29 is 14.0 Å². The van der Waals surface area contributed by atoms with Gasteiger partial charge in [0.15, 0.2) is 11.6 Å². The minimum Gasteiger partial charge on any atom is -0.422 e. The maximum Gasteiger partial charge on any atom is 0.347 e. The fourth-order valence-electron chi connectivity index (χ4n) is 3.94. The van der Waals surface area contributed by atoms with Gasteiger partial charge in [-0.25, -0.2) is 4.79 Å². The van der Waals surface area contributed by atoms with Crippen molar-refractivity contribution in [3.63, 3.8) is 0 Å². The monoisotopic (exact) mass is 456 g/mol. The first-order valence-electron chi connectivity index (χ1n) is 10.3. The zero-order valence-corrected chi connectivity index (χ0v) is 18.9. The Morgan fingerprint density at radius 1 is 1.12 bits per heavy atom. The van der Waals surface area contributed by atoms with Gasteiger partial charge in [-0.3, -0.25) is 9.59 Å². The summed E-state index contributed by atoms with van der Waals surface area (Å²) in [6.45, 7) is 3.26. The second-order valence-electron chi connectivity index (χ2n) is 7.62. The number of rotatable bonds is 6. The molecule has 0 unspecified atom stereocenters. The lowest BCUT2D eigenvalue weighted by molar-refractivity contribution is -0.113. The molecule has 3 aromatic rings. The van der Waals surface area contributed by atoms with Crippen LogP contribution in [0, 0.1) is 11.3 Å². The van der Waals surface area contributed by atoms with E-state index in [0.717, 1.165) is 17.3 Å². The third-order valence-electron chi connectivity index (χ3n) is 5.45. The number of hydrogen-bond donors (Lipinski definition) is 1. The Hall–Kier alpha value is -3.89. The number of Topliss-reactive ketones (excluding diaryl/α,β-unsaturated/α-hetero) is 2. The lowest BCUT2D eigenvalue weighted by Gasteiger charge is -2.29. The summed E-state index contributed by atoms with van der Waals surface area (Å²) in [7, 11) is 0. The molecule has 1 aliphatic heterocycles. The number of nitrogens with one attached hydrogen (secondary N) is 1. The van der Waals surface area contributed by atoms with Crippen LogP contribution in [0.2, 0.25) is 0 Å². The first kappa shape index (κ1) is 22.3. The third kappa shape index (κ3) is 4.38. The first-order chi connectivity index (χ1) is 15.9. The van der Waals surface area contributed by atoms with Crippen molar-refractivity contribution in [2.24, 2.45) is 0 Å². The van der Waals surface area contributed by atoms with E-state index in [-0.39, 0.29) is 17.1 Å². The van der Waals surface area contributed by atoms with Crippen molar-refractivity contribution in [2.45, 2.75) is 19.8 Å². The Labute approximate surface area is 194 Å². The molecule has 1 aliphatic rings. The van der Waals surface area contributed by atoms with Gasteiger partial charge in [-0.2, -0.15) is 5.26 Å². The van der Waals surface area contributed by atoms with E-state index in [1.165, 1.54) is 13.0 Å². The van der Waals surface area contributed by atoms with Crippen LogP contribution in [0.15, 0.2) is 91.7 Å². The average molecular weight is 457 g/mol. The summed E-state index contributed by atoms with van der Waals surface area (Å²) in [5.74, 6) is -1.13. The number of thioether (sulfide) groups is 1. The van der Waals surface area contributed by atoms with Crippen LogP contribution >= 0.6 is 11.8 Å². The molecule has 7 heteroatoms. The highest BCUT2D eigenvalue weighted by molar-refractivity contribution is 8.03. The van der Waals surface area contributed by atoms with Crippen LogP contribution < -0.4 is 10.9 Å². The van der Waals surface area contributed by atoms with Gasteiger partial charge >= 0.3 is 5.63 Å². The minimum atomic E-state index is -0.692. The SMILES string of the molecule is CC(=O)C1=C(C)NC(SCC(=O)c2cc3ccccc3oc2=O)=C(C#N)[C@H]1c1ccccc1. The largest absolute Gasteiger partial charge is 0.422 e. The Morgan fingerprint density at radius 2 is 1.82 bits per heavy atom. The fourth-order valence-corrected chi connectivity index (χ4v) is 4.92. The van der Waals surface area contributed by atoms with Crippen molar-refractivity contribution in [2.75, 3.05) is 5.75 Å². The average Bonchev–Trinajstić information content (AvgIpc) is 2.81. The molecule has 2 aromatic carbocycles. The highest BCUT2D eigenvalue weighted by Gasteiger charge is 2.33. The van der Waals surface area contributed by atoms with Gasteiger partial charge in [0.1, 0.15) is 11.1 Å². The molecule has 1 atom stereocenters. The molecular formula is C26H20N2O4S. The number of allylic oxidation sites excluding steroid dienone is 3. The van der Waals surface area contributed by atoms with E-state index >= 15 is 0 Å². The van der Waals surface area contributed by atoms with Crippen LogP contribution in [-0.4, -0.2) is 17.3 Å². The lowest BCUT2D eigenvalue weighted by Crippen LogP contribution is -2.27. The molecule has 4 rings (SSSR count). The molecular weight excluding hydrogens is 436 g/mol. The zero-order valence-electron chi connectivity index (χ0n) is 18.0. The van der Waals surface area contributed by atoms with Crippen LogP contribution in [0.3, 0.4) is 0 Å². The molecule has 1 aromatic heterocycles. The molecule has 2 heterocycles. The van der Waals surface area contributed by atoms with Gasteiger partial charge < -0.3 is 9.73 Å². The summed E-state index contributed by atoms with van der Waals surface area (Å²) < 4.78 is 5.27. The molecule has 6 nitrogen and oxygen atoms in total. The molecule has 0 radical (unpaired) electrons. The number of dihydropyridines is 1. The highest BCUT2D eigenvalue weighted by Crippen LogP contribution is 2.40. The summed E-state index contributed by atoms with van der Waals surface area (Å²) >= 11 is 1.13. The van der Waals surface area contributed by atoms with Gasteiger partial charge in [0.25, 0.3) is 0 Å². The molecule has 33 heavy (non-hydrogen) atoms. The number of carbonyl (C=O) groups excluding carboxylic acids is 2. The molecule has 164 valence electrons. The smallest absolute Gasteiger partial charge is 0.347 e. The molecule has 0 saturated carbocycles. The number of carbonyl (C=O) groups is 2. The zero-order chi connectivity index (χ0) is 23.5. The summed E-state index contributed by atoms with van der Waals surface area (Å²) in [4.78, 5) is 37.6. The van der Waals surface area contributed by atoms with E-state index in [4.69, 9.17) is 4.42 Å². The molecule has 0 amide bonds. The van der Waals surface area contributed by atoms with Crippen molar-refractivity contribution in [1.29, 1.82) is 5.26 Å². The standard InChI is InChI=1S/C26H20N2O4S/c1-15-23(16(2)29)24(17-8-4-3-5-9-17)20(13-27)25(28-15)33-14-21(30)19-12-18-10-6-7-11-22(18)32-26(19)31/h3-12,24,28H,14H2,1-2H3/t24-/m1/s1. The highest BCUT2D eigenvalue weighted by atomic mass is 32.2. The Kier molecular flexibility index (Phi) is 6.29. The van der Waals surface area contributed by atoms with E-state index in [1.807, 2.05) is 30.3 Å². The topological polar surface area (TPSA) is 100 Å². The number of hydrogen-bond acceptors (Lipinski definition) is 7. The van der Waals surface area contributed by atoms with E-state index in [9.17, 15) is 19.6 Å². The van der Waals surface area contributed by atoms with Crippen molar-refractivity contribution in [1.82, 2.24) is 5.32 Å². The molecule has 0 aliphatic carbocycles. The van der Waals surface area contributed by atoms with E-state index in [2.05, 4.69) is 11.4 Å². The van der Waals surface area contributed by atoms with Crippen molar-refractivity contribution in [3.8, 4) is 6.07 Å². The number of nitrogens with zero attached hydrogens (tertiary/aromatic N) is 1. The van der Waals surface area contributed by atoms with Gasteiger partial charge in [0, 0.05) is 16.7 Å². The maximum atomic E-state index is 12.9. The fraction of sp³-hybridized carbons (Fsp3) is 0.154. The van der Waals surface area contributed by atoms with Gasteiger partial charge in [0.2, 0.25) is 0 Å². The van der Waals surface area contributed by atoms with Gasteiger partial charge in [-0.1, -0.05) is 60.3 Å².